The maximum Gasteiger partial charge on any atom is 0.0233 e. The molecule has 2 aromatic rings. The van der Waals surface area contributed by atoms with Crippen molar-refractivity contribution in [3.8, 4) is 0 Å². The van der Waals surface area contributed by atoms with E-state index in [1.165, 1.54) is 21.9 Å². The molecule has 19 heavy (non-hydrogen) atoms. The van der Waals surface area contributed by atoms with Gasteiger partial charge in [-0.25, -0.2) is 0 Å². The third-order valence-corrected chi connectivity index (χ3v) is 3.83. The molecule has 0 aliphatic carbocycles. The molecule has 0 aliphatic rings. The maximum atomic E-state index is 5.62. The fraction of sp³-hybridized carbons (Fsp3) is 0.412. The number of hydrogen-bond acceptors (Lipinski definition) is 2. The quantitative estimate of drug-likeness (QED) is 0.889. The van der Waals surface area contributed by atoms with Crippen LogP contribution in [0.4, 0.5) is 0 Å². The summed E-state index contributed by atoms with van der Waals surface area (Å²) in [6, 6.07) is 13.9. The van der Waals surface area contributed by atoms with Crippen LogP contribution in [0, 0.1) is 6.92 Å². The highest BCUT2D eigenvalue weighted by atomic mass is 15.1. The average Bonchev–Trinajstić information content (AvgIpc) is 2.39. The Hall–Kier alpha value is -1.38. The molecular weight excluding hydrogens is 232 g/mol. The zero-order valence-electron chi connectivity index (χ0n) is 12.2. The molecule has 0 aliphatic heterocycles. The van der Waals surface area contributed by atoms with Gasteiger partial charge in [-0.1, -0.05) is 35.9 Å². The van der Waals surface area contributed by atoms with Crippen LogP contribution < -0.4 is 5.73 Å². The van der Waals surface area contributed by atoms with Crippen molar-refractivity contribution in [3.63, 3.8) is 0 Å². The second-order valence-corrected chi connectivity index (χ2v) is 5.53. The Kier molecular flexibility index (Phi) is 4.56. The number of aryl methyl sites for hydroxylation is 1. The number of fused-ring (bicyclic) bond motifs is 1. The molecule has 0 aromatic heterocycles. The first kappa shape index (κ1) is 14.0. The third kappa shape index (κ3) is 3.55. The van der Waals surface area contributed by atoms with Gasteiger partial charge in [0.05, 0.1) is 0 Å². The van der Waals surface area contributed by atoms with Gasteiger partial charge in [-0.3, -0.25) is 4.90 Å². The molecule has 1 atom stereocenters. The molecule has 2 heteroatoms. The van der Waals surface area contributed by atoms with Crippen molar-refractivity contribution in [1.29, 1.82) is 0 Å². The molecule has 0 fully saturated rings. The van der Waals surface area contributed by atoms with E-state index in [0.717, 1.165) is 19.5 Å². The van der Waals surface area contributed by atoms with E-state index in [0.29, 0.717) is 6.04 Å². The van der Waals surface area contributed by atoms with Crippen molar-refractivity contribution < 1.29 is 0 Å². The van der Waals surface area contributed by atoms with E-state index in [1.54, 1.807) is 0 Å². The SMILES string of the molecule is Cc1ccc2cc(CN(C)C(C)CCN)ccc2c1. The van der Waals surface area contributed by atoms with Crippen molar-refractivity contribution in [2.75, 3.05) is 13.6 Å². The van der Waals surface area contributed by atoms with E-state index in [9.17, 15) is 0 Å². The summed E-state index contributed by atoms with van der Waals surface area (Å²) in [5.74, 6) is 0. The van der Waals surface area contributed by atoms with Crippen molar-refractivity contribution in [2.24, 2.45) is 5.73 Å². The molecule has 0 bridgehead atoms. The third-order valence-electron chi connectivity index (χ3n) is 3.83. The second-order valence-electron chi connectivity index (χ2n) is 5.53. The normalized spacial score (nSPS) is 13.1. The van der Waals surface area contributed by atoms with Gasteiger partial charge < -0.3 is 5.73 Å². The fourth-order valence-electron chi connectivity index (χ4n) is 2.42. The highest BCUT2D eigenvalue weighted by Crippen LogP contribution is 2.19. The Morgan fingerprint density at radius 2 is 1.79 bits per heavy atom. The Bertz CT molecular complexity index is 548. The number of rotatable bonds is 5. The van der Waals surface area contributed by atoms with Crippen molar-refractivity contribution in [3.05, 3.63) is 47.5 Å². The van der Waals surface area contributed by atoms with Crippen LogP contribution in [0.25, 0.3) is 10.8 Å². The summed E-state index contributed by atoms with van der Waals surface area (Å²) in [7, 11) is 2.17. The molecule has 1 unspecified atom stereocenters. The summed E-state index contributed by atoms with van der Waals surface area (Å²) >= 11 is 0. The van der Waals surface area contributed by atoms with E-state index in [-0.39, 0.29) is 0 Å². The molecule has 0 saturated carbocycles. The summed E-state index contributed by atoms with van der Waals surface area (Å²) < 4.78 is 0. The second kappa shape index (κ2) is 6.18. The molecule has 2 rings (SSSR count). The number of hydrogen-bond donors (Lipinski definition) is 1. The molecule has 0 radical (unpaired) electrons. The molecule has 2 aromatic carbocycles. The van der Waals surface area contributed by atoms with Gasteiger partial charge in [0.25, 0.3) is 0 Å². The van der Waals surface area contributed by atoms with E-state index in [2.05, 4.69) is 62.2 Å². The van der Waals surface area contributed by atoms with Gasteiger partial charge in [-0.05, 0) is 56.3 Å². The van der Waals surface area contributed by atoms with Gasteiger partial charge >= 0.3 is 0 Å². The summed E-state index contributed by atoms with van der Waals surface area (Å²) in [4.78, 5) is 2.36. The number of nitrogens with zero attached hydrogens (tertiary/aromatic N) is 1. The summed E-state index contributed by atoms with van der Waals surface area (Å²) in [6.45, 7) is 6.10. The summed E-state index contributed by atoms with van der Waals surface area (Å²) in [6.07, 6.45) is 1.04. The monoisotopic (exact) mass is 256 g/mol. The smallest absolute Gasteiger partial charge is 0.0233 e. The van der Waals surface area contributed by atoms with E-state index in [4.69, 9.17) is 5.73 Å². The van der Waals surface area contributed by atoms with Gasteiger partial charge in [0.2, 0.25) is 0 Å². The molecule has 0 saturated heterocycles. The number of nitrogens with two attached hydrogens (primary N) is 1. The highest BCUT2D eigenvalue weighted by molar-refractivity contribution is 5.83. The highest BCUT2D eigenvalue weighted by Gasteiger charge is 2.08. The lowest BCUT2D eigenvalue weighted by Crippen LogP contribution is -2.30. The van der Waals surface area contributed by atoms with Crippen molar-refractivity contribution in [1.82, 2.24) is 4.90 Å². The van der Waals surface area contributed by atoms with Crippen LogP contribution in [-0.2, 0) is 6.54 Å². The standard InChI is InChI=1S/C17H24N2/c1-13-4-6-17-11-15(5-7-16(17)10-13)12-19(3)14(2)8-9-18/h4-7,10-11,14H,8-9,12,18H2,1-3H3. The molecule has 2 nitrogen and oxygen atoms in total. The predicted molar refractivity (Wildman–Crippen MR) is 83.3 cm³/mol. The van der Waals surface area contributed by atoms with Crippen LogP contribution in [0.3, 0.4) is 0 Å². The minimum atomic E-state index is 0.527. The van der Waals surface area contributed by atoms with Gasteiger partial charge in [0, 0.05) is 12.6 Å². The van der Waals surface area contributed by atoms with E-state index < -0.39 is 0 Å². The fourth-order valence-corrected chi connectivity index (χ4v) is 2.42. The lowest BCUT2D eigenvalue weighted by Gasteiger charge is -2.24. The van der Waals surface area contributed by atoms with Crippen LogP contribution in [0.1, 0.15) is 24.5 Å². The Morgan fingerprint density at radius 3 is 2.53 bits per heavy atom. The Balaban J connectivity index is 2.15. The minimum Gasteiger partial charge on any atom is -0.330 e. The van der Waals surface area contributed by atoms with Crippen molar-refractivity contribution in [2.45, 2.75) is 32.9 Å². The minimum absolute atomic E-state index is 0.527. The molecule has 0 heterocycles. The predicted octanol–water partition coefficient (Wildman–Crippen LogP) is 3.32. The molecule has 0 spiro atoms. The Labute approximate surface area is 116 Å². The van der Waals surface area contributed by atoms with Crippen LogP contribution in [0.2, 0.25) is 0 Å². The largest absolute Gasteiger partial charge is 0.330 e. The Morgan fingerprint density at radius 1 is 1.11 bits per heavy atom. The molecule has 2 N–H and O–H groups in total. The van der Waals surface area contributed by atoms with Crippen LogP contribution in [-0.4, -0.2) is 24.5 Å². The van der Waals surface area contributed by atoms with E-state index in [1.807, 2.05) is 0 Å². The average molecular weight is 256 g/mol. The number of benzene rings is 2. The van der Waals surface area contributed by atoms with Gasteiger partial charge in [-0.15, -0.1) is 0 Å². The molecular formula is C17H24N2. The summed E-state index contributed by atoms with van der Waals surface area (Å²) in [5, 5.41) is 2.64. The maximum absolute atomic E-state index is 5.62. The topological polar surface area (TPSA) is 29.3 Å². The first-order valence-corrected chi connectivity index (χ1v) is 7.00. The summed E-state index contributed by atoms with van der Waals surface area (Å²) in [5.41, 5.74) is 8.30. The molecule has 102 valence electrons. The van der Waals surface area contributed by atoms with Crippen LogP contribution >= 0.6 is 0 Å². The van der Waals surface area contributed by atoms with Gasteiger partial charge in [0.1, 0.15) is 0 Å². The zero-order chi connectivity index (χ0) is 13.8. The van der Waals surface area contributed by atoms with Gasteiger partial charge in [0.15, 0.2) is 0 Å². The van der Waals surface area contributed by atoms with Crippen LogP contribution in [0.15, 0.2) is 36.4 Å². The first-order chi connectivity index (χ1) is 9.10. The van der Waals surface area contributed by atoms with Gasteiger partial charge in [-0.2, -0.15) is 0 Å². The first-order valence-electron chi connectivity index (χ1n) is 7.00. The lowest BCUT2D eigenvalue weighted by molar-refractivity contribution is 0.240. The van der Waals surface area contributed by atoms with Crippen LogP contribution in [0.5, 0.6) is 0 Å². The zero-order valence-corrected chi connectivity index (χ0v) is 12.2. The molecule has 0 amide bonds. The lowest BCUT2D eigenvalue weighted by atomic mass is 10.0. The van der Waals surface area contributed by atoms with E-state index >= 15 is 0 Å². The van der Waals surface area contributed by atoms with Crippen molar-refractivity contribution >= 4 is 10.8 Å².